The summed E-state index contributed by atoms with van der Waals surface area (Å²) in [4.78, 5) is 9.70. The quantitative estimate of drug-likeness (QED) is 0.903. The van der Waals surface area contributed by atoms with Crippen LogP contribution < -0.4 is 10.6 Å². The smallest absolute Gasteiger partial charge is 0.131 e. The van der Waals surface area contributed by atoms with Crippen LogP contribution in [0.2, 0.25) is 0 Å². The van der Waals surface area contributed by atoms with Gasteiger partial charge in [-0.2, -0.15) is 0 Å². The Hall–Kier alpha value is -1.13. The van der Waals surface area contributed by atoms with Gasteiger partial charge in [0.2, 0.25) is 0 Å². The van der Waals surface area contributed by atoms with E-state index in [-0.39, 0.29) is 6.04 Å². The summed E-state index contributed by atoms with van der Waals surface area (Å²) in [6, 6.07) is 3.12. The molecule has 4 nitrogen and oxygen atoms in total. The van der Waals surface area contributed by atoms with E-state index >= 15 is 0 Å². The maximum Gasteiger partial charge on any atom is 0.131 e. The van der Waals surface area contributed by atoms with Gasteiger partial charge in [-0.05, 0) is 44.7 Å². The molecule has 1 saturated heterocycles. The third-order valence-electron chi connectivity index (χ3n) is 4.49. The van der Waals surface area contributed by atoms with Gasteiger partial charge in [0.25, 0.3) is 0 Å². The summed E-state index contributed by atoms with van der Waals surface area (Å²) < 4.78 is 0. The van der Waals surface area contributed by atoms with Crippen LogP contribution in [0.15, 0.2) is 12.3 Å². The molecular weight excluding hydrogens is 260 g/mol. The second-order valence-corrected chi connectivity index (χ2v) is 6.45. The molecule has 0 bridgehead atoms. The summed E-state index contributed by atoms with van der Waals surface area (Å²) in [6.07, 6.45) is 4.12. The largest absolute Gasteiger partial charge is 0.354 e. The molecule has 2 atom stereocenters. The van der Waals surface area contributed by atoms with E-state index in [1.54, 1.807) is 0 Å². The van der Waals surface area contributed by atoms with Crippen LogP contribution in [0.5, 0.6) is 0 Å². The number of hydrogen-bond donors (Lipinski definition) is 1. The zero-order valence-electron chi connectivity index (χ0n) is 14.0. The predicted octanol–water partition coefficient (Wildman–Crippen LogP) is 2.20. The maximum atomic E-state index is 5.87. The summed E-state index contributed by atoms with van der Waals surface area (Å²) >= 11 is 0. The van der Waals surface area contributed by atoms with Crippen LogP contribution in [0.25, 0.3) is 0 Å². The van der Waals surface area contributed by atoms with Crippen LogP contribution in [0, 0.1) is 6.92 Å². The minimum Gasteiger partial charge on any atom is -0.354 e. The van der Waals surface area contributed by atoms with Crippen LogP contribution in [0.4, 0.5) is 5.82 Å². The van der Waals surface area contributed by atoms with Crippen molar-refractivity contribution in [3.63, 3.8) is 0 Å². The normalized spacial score (nSPS) is 19.6. The Balaban J connectivity index is 2.00. The van der Waals surface area contributed by atoms with E-state index in [2.05, 4.69) is 36.6 Å². The molecular formula is C17H30N4. The molecule has 4 heteroatoms. The molecule has 0 aliphatic carbocycles. The van der Waals surface area contributed by atoms with Gasteiger partial charge in [0, 0.05) is 44.5 Å². The first-order valence-electron chi connectivity index (χ1n) is 8.21. The molecule has 2 unspecified atom stereocenters. The number of nitrogens with zero attached hydrogens (tertiary/aromatic N) is 3. The molecule has 0 amide bonds. The number of hydrogen-bond acceptors (Lipinski definition) is 4. The van der Waals surface area contributed by atoms with Gasteiger partial charge in [0.15, 0.2) is 0 Å². The first-order valence-corrected chi connectivity index (χ1v) is 8.21. The van der Waals surface area contributed by atoms with Crippen molar-refractivity contribution in [2.45, 2.75) is 52.6 Å². The third kappa shape index (κ3) is 4.17. The highest BCUT2D eigenvalue weighted by Gasteiger charge is 2.21. The molecule has 0 radical (unpaired) electrons. The average molecular weight is 290 g/mol. The van der Waals surface area contributed by atoms with Crippen LogP contribution >= 0.6 is 0 Å². The zero-order valence-corrected chi connectivity index (χ0v) is 14.0. The van der Waals surface area contributed by atoms with Crippen LogP contribution in [0.1, 0.15) is 38.3 Å². The number of aromatic nitrogens is 1. The monoisotopic (exact) mass is 290 g/mol. The Morgan fingerprint density at radius 1 is 1.24 bits per heavy atom. The topological polar surface area (TPSA) is 45.4 Å². The van der Waals surface area contributed by atoms with Crippen molar-refractivity contribution in [1.82, 2.24) is 9.88 Å². The fourth-order valence-electron chi connectivity index (χ4n) is 3.07. The molecule has 2 N–H and O–H groups in total. The fraction of sp³-hybridized carbons (Fsp3) is 0.706. The molecule has 2 rings (SSSR count). The first kappa shape index (κ1) is 16.2. The van der Waals surface area contributed by atoms with Crippen molar-refractivity contribution in [2.75, 3.05) is 31.1 Å². The maximum absolute atomic E-state index is 5.87. The molecule has 1 aromatic rings. The highest BCUT2D eigenvalue weighted by Crippen LogP contribution is 2.21. The predicted molar refractivity (Wildman–Crippen MR) is 89.9 cm³/mol. The van der Waals surface area contributed by atoms with Gasteiger partial charge in [-0.1, -0.05) is 13.0 Å². The zero-order chi connectivity index (χ0) is 15.4. The standard InChI is InChI=1S/C17H30N4/c1-5-15(4)20-6-8-21(9-7-20)17-13(2)10-16(12-19-17)11-14(3)18/h10,12,14-15H,5-9,11,18H2,1-4H3. The summed E-state index contributed by atoms with van der Waals surface area (Å²) in [6.45, 7) is 13.2. The van der Waals surface area contributed by atoms with Crippen LogP contribution in [-0.2, 0) is 6.42 Å². The van der Waals surface area contributed by atoms with Gasteiger partial charge < -0.3 is 10.6 Å². The Morgan fingerprint density at radius 3 is 2.43 bits per heavy atom. The van der Waals surface area contributed by atoms with Gasteiger partial charge in [0.1, 0.15) is 5.82 Å². The Kier molecular flexibility index (Phi) is 5.59. The lowest BCUT2D eigenvalue weighted by molar-refractivity contribution is 0.192. The molecule has 1 aliphatic heterocycles. The van der Waals surface area contributed by atoms with Gasteiger partial charge in [-0.25, -0.2) is 4.98 Å². The summed E-state index contributed by atoms with van der Waals surface area (Å²) in [5.74, 6) is 1.15. The lowest BCUT2D eigenvalue weighted by Crippen LogP contribution is -2.49. The number of pyridine rings is 1. The van der Waals surface area contributed by atoms with Gasteiger partial charge in [-0.3, -0.25) is 4.90 Å². The molecule has 1 aromatic heterocycles. The van der Waals surface area contributed by atoms with Crippen LogP contribution in [0.3, 0.4) is 0 Å². The Morgan fingerprint density at radius 2 is 1.90 bits per heavy atom. The number of anilines is 1. The molecule has 0 saturated carbocycles. The SMILES string of the molecule is CCC(C)N1CCN(c2ncc(CC(C)N)cc2C)CC1. The summed E-state index contributed by atoms with van der Waals surface area (Å²) in [7, 11) is 0. The number of aryl methyl sites for hydroxylation is 1. The fourth-order valence-corrected chi connectivity index (χ4v) is 3.07. The summed E-state index contributed by atoms with van der Waals surface area (Å²) in [5, 5.41) is 0. The lowest BCUT2D eigenvalue weighted by Gasteiger charge is -2.38. The van der Waals surface area contributed by atoms with E-state index in [1.807, 2.05) is 13.1 Å². The van der Waals surface area contributed by atoms with Crippen molar-refractivity contribution in [2.24, 2.45) is 5.73 Å². The molecule has 2 heterocycles. The van der Waals surface area contributed by atoms with E-state index in [0.29, 0.717) is 6.04 Å². The molecule has 0 spiro atoms. The lowest BCUT2D eigenvalue weighted by atomic mass is 10.1. The average Bonchev–Trinajstić information content (AvgIpc) is 2.46. The highest BCUT2D eigenvalue weighted by atomic mass is 15.3. The van der Waals surface area contributed by atoms with Crippen molar-refractivity contribution >= 4 is 5.82 Å². The van der Waals surface area contributed by atoms with Gasteiger partial charge >= 0.3 is 0 Å². The molecule has 1 aliphatic rings. The van der Waals surface area contributed by atoms with Crippen molar-refractivity contribution in [1.29, 1.82) is 0 Å². The molecule has 1 fully saturated rings. The van der Waals surface area contributed by atoms with E-state index < -0.39 is 0 Å². The third-order valence-corrected chi connectivity index (χ3v) is 4.49. The minimum absolute atomic E-state index is 0.191. The van der Waals surface area contributed by atoms with Gasteiger partial charge in [0.05, 0.1) is 0 Å². The number of nitrogens with two attached hydrogens (primary N) is 1. The summed E-state index contributed by atoms with van der Waals surface area (Å²) in [5.41, 5.74) is 8.38. The van der Waals surface area contributed by atoms with E-state index in [0.717, 1.165) is 38.4 Å². The van der Waals surface area contributed by atoms with Crippen LogP contribution in [-0.4, -0.2) is 48.1 Å². The molecule has 0 aromatic carbocycles. The molecule has 118 valence electrons. The second kappa shape index (κ2) is 7.23. The first-order chi connectivity index (χ1) is 10.0. The van der Waals surface area contributed by atoms with Crippen molar-refractivity contribution < 1.29 is 0 Å². The van der Waals surface area contributed by atoms with Crippen molar-refractivity contribution in [3.8, 4) is 0 Å². The highest BCUT2D eigenvalue weighted by molar-refractivity contribution is 5.48. The van der Waals surface area contributed by atoms with E-state index in [9.17, 15) is 0 Å². The Labute approximate surface area is 129 Å². The minimum atomic E-state index is 0.191. The van der Waals surface area contributed by atoms with Crippen molar-refractivity contribution in [3.05, 3.63) is 23.4 Å². The van der Waals surface area contributed by atoms with Gasteiger partial charge in [-0.15, -0.1) is 0 Å². The molecule has 21 heavy (non-hydrogen) atoms. The Bertz CT molecular complexity index is 450. The number of piperazine rings is 1. The van der Waals surface area contributed by atoms with E-state index in [1.165, 1.54) is 17.5 Å². The number of rotatable bonds is 5. The second-order valence-electron chi connectivity index (χ2n) is 6.45. The van der Waals surface area contributed by atoms with E-state index in [4.69, 9.17) is 10.7 Å².